The zero-order valence-electron chi connectivity index (χ0n) is 15.8. The Balaban J connectivity index is 1.33. The standard InChI is InChI=1S/C23H21N5S/c1-2-7-18(8-3-1)28-26-14-17(27-28)13-24-15-21(23-11-6-12-29-23)20-16-25-22-10-5-4-9-19(20)22/h1-12,14,16,21,24-25H,13,15H2. The van der Waals surface area contributed by atoms with Gasteiger partial charge in [0.25, 0.3) is 0 Å². The summed E-state index contributed by atoms with van der Waals surface area (Å²) in [6.07, 6.45) is 3.97. The average molecular weight is 400 g/mol. The lowest BCUT2D eigenvalue weighted by molar-refractivity contribution is 0.627. The highest BCUT2D eigenvalue weighted by Gasteiger charge is 2.19. The number of para-hydroxylation sites is 2. The van der Waals surface area contributed by atoms with Crippen molar-refractivity contribution in [3.8, 4) is 5.69 Å². The average Bonchev–Trinajstić information content (AvgIpc) is 3.53. The Morgan fingerprint density at radius 1 is 1.00 bits per heavy atom. The van der Waals surface area contributed by atoms with Gasteiger partial charge in [-0.05, 0) is 35.2 Å². The van der Waals surface area contributed by atoms with E-state index in [4.69, 9.17) is 0 Å². The number of H-pyrrole nitrogens is 1. The number of nitrogens with zero attached hydrogens (tertiary/aromatic N) is 3. The van der Waals surface area contributed by atoms with Gasteiger partial charge >= 0.3 is 0 Å². The van der Waals surface area contributed by atoms with Gasteiger partial charge in [0, 0.05) is 41.0 Å². The third-order valence-electron chi connectivity index (χ3n) is 5.06. The number of aromatic nitrogens is 4. The molecule has 3 heterocycles. The van der Waals surface area contributed by atoms with E-state index in [2.05, 4.69) is 68.5 Å². The summed E-state index contributed by atoms with van der Waals surface area (Å²) in [6, 6.07) is 22.8. The van der Waals surface area contributed by atoms with Crippen LogP contribution in [0, 0.1) is 0 Å². The second-order valence-electron chi connectivity index (χ2n) is 6.95. The van der Waals surface area contributed by atoms with Crippen LogP contribution in [0.1, 0.15) is 22.1 Å². The number of benzene rings is 2. The Hall–Kier alpha value is -3.22. The van der Waals surface area contributed by atoms with E-state index in [0.717, 1.165) is 17.9 Å². The Labute approximate surface area is 173 Å². The number of rotatable bonds is 7. The van der Waals surface area contributed by atoms with Crippen molar-refractivity contribution in [2.24, 2.45) is 0 Å². The first-order valence-corrected chi connectivity index (χ1v) is 10.5. The summed E-state index contributed by atoms with van der Waals surface area (Å²) in [5, 5.41) is 16.0. The van der Waals surface area contributed by atoms with Crippen molar-refractivity contribution in [3.63, 3.8) is 0 Å². The molecule has 1 atom stereocenters. The maximum absolute atomic E-state index is 4.59. The number of thiophene rings is 1. The molecule has 0 radical (unpaired) electrons. The Morgan fingerprint density at radius 3 is 2.72 bits per heavy atom. The zero-order chi connectivity index (χ0) is 19.5. The van der Waals surface area contributed by atoms with E-state index < -0.39 is 0 Å². The highest BCUT2D eigenvalue weighted by molar-refractivity contribution is 7.10. The first-order valence-electron chi connectivity index (χ1n) is 9.65. The lowest BCUT2D eigenvalue weighted by atomic mass is 9.96. The summed E-state index contributed by atoms with van der Waals surface area (Å²) in [5.74, 6) is 0.287. The van der Waals surface area contributed by atoms with Gasteiger partial charge in [-0.15, -0.1) is 11.3 Å². The molecule has 144 valence electrons. The van der Waals surface area contributed by atoms with Crippen molar-refractivity contribution < 1.29 is 0 Å². The van der Waals surface area contributed by atoms with Crippen LogP contribution in [0.3, 0.4) is 0 Å². The minimum Gasteiger partial charge on any atom is -0.361 e. The van der Waals surface area contributed by atoms with Gasteiger partial charge in [-0.25, -0.2) is 0 Å². The number of hydrogen-bond acceptors (Lipinski definition) is 4. The number of nitrogens with one attached hydrogen (secondary N) is 2. The zero-order valence-corrected chi connectivity index (χ0v) is 16.6. The minimum absolute atomic E-state index is 0.287. The van der Waals surface area contributed by atoms with Gasteiger partial charge in [-0.1, -0.05) is 42.5 Å². The summed E-state index contributed by atoms with van der Waals surface area (Å²) in [7, 11) is 0. The van der Waals surface area contributed by atoms with E-state index in [0.29, 0.717) is 6.54 Å². The van der Waals surface area contributed by atoms with Crippen LogP contribution in [-0.4, -0.2) is 26.5 Å². The summed E-state index contributed by atoms with van der Waals surface area (Å²) >= 11 is 1.80. The molecule has 3 aromatic heterocycles. The minimum atomic E-state index is 0.287. The smallest absolute Gasteiger partial charge is 0.0969 e. The second-order valence-corrected chi connectivity index (χ2v) is 7.93. The van der Waals surface area contributed by atoms with E-state index in [1.165, 1.54) is 21.3 Å². The molecule has 0 fully saturated rings. The van der Waals surface area contributed by atoms with Crippen molar-refractivity contribution in [1.29, 1.82) is 0 Å². The molecule has 0 aliphatic carbocycles. The second kappa shape index (κ2) is 8.03. The van der Waals surface area contributed by atoms with Crippen LogP contribution in [0.4, 0.5) is 0 Å². The molecular formula is C23H21N5S. The fourth-order valence-electron chi connectivity index (χ4n) is 3.64. The first-order chi connectivity index (χ1) is 14.4. The molecule has 29 heavy (non-hydrogen) atoms. The van der Waals surface area contributed by atoms with Gasteiger partial charge < -0.3 is 10.3 Å². The topological polar surface area (TPSA) is 58.5 Å². The van der Waals surface area contributed by atoms with Gasteiger partial charge in [0.1, 0.15) is 0 Å². The van der Waals surface area contributed by atoms with Gasteiger partial charge in [0.05, 0.1) is 17.6 Å². The van der Waals surface area contributed by atoms with Crippen LogP contribution in [0.15, 0.2) is 84.5 Å². The van der Waals surface area contributed by atoms with Crippen LogP contribution < -0.4 is 5.32 Å². The van der Waals surface area contributed by atoms with Crippen LogP contribution in [0.2, 0.25) is 0 Å². The monoisotopic (exact) mass is 399 g/mol. The summed E-state index contributed by atoms with van der Waals surface area (Å²) in [5.41, 5.74) is 4.39. The van der Waals surface area contributed by atoms with Crippen LogP contribution in [0.25, 0.3) is 16.6 Å². The van der Waals surface area contributed by atoms with Crippen molar-refractivity contribution in [3.05, 3.63) is 101 Å². The molecule has 2 N–H and O–H groups in total. The summed E-state index contributed by atoms with van der Waals surface area (Å²) in [4.78, 5) is 6.44. The molecule has 0 saturated carbocycles. The third kappa shape index (κ3) is 3.72. The molecule has 0 saturated heterocycles. The molecule has 1 unspecified atom stereocenters. The molecule has 0 bridgehead atoms. The Morgan fingerprint density at radius 2 is 1.86 bits per heavy atom. The SMILES string of the molecule is c1ccc(-n2ncc(CNCC(c3cccs3)c3c[nH]c4ccccc34)n2)cc1. The lowest BCUT2D eigenvalue weighted by Gasteiger charge is -2.16. The van der Waals surface area contributed by atoms with Crippen molar-refractivity contribution >= 4 is 22.2 Å². The molecule has 5 nitrogen and oxygen atoms in total. The number of fused-ring (bicyclic) bond motifs is 1. The van der Waals surface area contributed by atoms with E-state index in [1.807, 2.05) is 36.5 Å². The Kier molecular flexibility index (Phi) is 4.94. The molecule has 2 aromatic carbocycles. The first kappa shape index (κ1) is 17.8. The molecule has 5 rings (SSSR count). The van der Waals surface area contributed by atoms with Gasteiger partial charge in [-0.2, -0.15) is 15.0 Å². The summed E-state index contributed by atoms with van der Waals surface area (Å²) < 4.78 is 0. The highest BCUT2D eigenvalue weighted by Crippen LogP contribution is 2.32. The van der Waals surface area contributed by atoms with Crippen LogP contribution in [0.5, 0.6) is 0 Å². The number of aromatic amines is 1. The van der Waals surface area contributed by atoms with Crippen molar-refractivity contribution in [2.75, 3.05) is 6.54 Å². The lowest BCUT2D eigenvalue weighted by Crippen LogP contribution is -2.21. The maximum atomic E-state index is 4.59. The summed E-state index contributed by atoms with van der Waals surface area (Å²) in [6.45, 7) is 1.51. The van der Waals surface area contributed by atoms with E-state index in [1.54, 1.807) is 16.1 Å². The predicted molar refractivity (Wildman–Crippen MR) is 118 cm³/mol. The molecule has 0 spiro atoms. The normalized spacial score (nSPS) is 12.4. The largest absolute Gasteiger partial charge is 0.361 e. The van der Waals surface area contributed by atoms with Crippen molar-refractivity contribution in [1.82, 2.24) is 25.3 Å². The van der Waals surface area contributed by atoms with Crippen molar-refractivity contribution in [2.45, 2.75) is 12.5 Å². The quantitative estimate of drug-likeness (QED) is 0.416. The van der Waals surface area contributed by atoms with E-state index >= 15 is 0 Å². The molecule has 5 aromatic rings. The van der Waals surface area contributed by atoms with E-state index in [-0.39, 0.29) is 5.92 Å². The van der Waals surface area contributed by atoms with Gasteiger partial charge in [0.15, 0.2) is 0 Å². The molecule has 0 amide bonds. The molecule has 6 heteroatoms. The van der Waals surface area contributed by atoms with Gasteiger partial charge in [0.2, 0.25) is 0 Å². The molecular weight excluding hydrogens is 378 g/mol. The maximum Gasteiger partial charge on any atom is 0.0969 e. The van der Waals surface area contributed by atoms with Gasteiger partial charge in [-0.3, -0.25) is 0 Å². The molecule has 0 aliphatic rings. The highest BCUT2D eigenvalue weighted by atomic mass is 32.1. The number of hydrogen-bond donors (Lipinski definition) is 2. The van der Waals surface area contributed by atoms with Crippen LogP contribution >= 0.6 is 11.3 Å². The predicted octanol–water partition coefficient (Wildman–Crippen LogP) is 4.73. The Bertz CT molecular complexity index is 1190. The molecule has 0 aliphatic heterocycles. The van der Waals surface area contributed by atoms with Crippen LogP contribution in [-0.2, 0) is 6.54 Å². The van der Waals surface area contributed by atoms with E-state index in [9.17, 15) is 0 Å². The third-order valence-corrected chi connectivity index (χ3v) is 6.05. The fraction of sp³-hybridized carbons (Fsp3) is 0.130. The fourth-order valence-corrected chi connectivity index (χ4v) is 4.49.